The molecule has 0 aliphatic rings. The summed E-state index contributed by atoms with van der Waals surface area (Å²) in [7, 11) is 0. The van der Waals surface area contributed by atoms with Gasteiger partial charge in [-0.3, -0.25) is 9.69 Å². The van der Waals surface area contributed by atoms with Gasteiger partial charge in [-0.2, -0.15) is 0 Å². The highest BCUT2D eigenvalue weighted by atomic mass is 16.3. The van der Waals surface area contributed by atoms with E-state index in [2.05, 4.69) is 17.6 Å². The third-order valence-corrected chi connectivity index (χ3v) is 5.82. The number of hydrogen-bond donors (Lipinski definition) is 4. The van der Waals surface area contributed by atoms with E-state index in [4.69, 9.17) is 10.2 Å². The monoisotopic (exact) mass is 443 g/mol. The molecule has 0 rings (SSSR count). The first-order valence-electron chi connectivity index (χ1n) is 13.2. The van der Waals surface area contributed by atoms with Crippen molar-refractivity contribution in [2.45, 2.75) is 103 Å². The van der Waals surface area contributed by atoms with E-state index in [9.17, 15) is 4.79 Å². The van der Waals surface area contributed by atoms with Crippen LogP contribution in [0.4, 0.5) is 0 Å². The third-order valence-electron chi connectivity index (χ3n) is 5.82. The molecule has 0 aliphatic carbocycles. The molecule has 4 N–H and O–H groups in total. The van der Waals surface area contributed by atoms with E-state index in [-0.39, 0.29) is 19.1 Å². The molecule has 6 nitrogen and oxygen atoms in total. The van der Waals surface area contributed by atoms with Crippen molar-refractivity contribution in [3.8, 4) is 0 Å². The van der Waals surface area contributed by atoms with Crippen LogP contribution in [0.2, 0.25) is 0 Å². The summed E-state index contributed by atoms with van der Waals surface area (Å²) in [6.45, 7) is 6.59. The maximum absolute atomic E-state index is 11.9. The van der Waals surface area contributed by atoms with Crippen LogP contribution in [0.25, 0.3) is 0 Å². The van der Waals surface area contributed by atoms with E-state index >= 15 is 0 Å². The Bertz CT molecular complexity index is 364. The van der Waals surface area contributed by atoms with Crippen molar-refractivity contribution < 1.29 is 15.0 Å². The molecule has 1 amide bonds. The molecule has 0 heterocycles. The minimum Gasteiger partial charge on any atom is -0.395 e. The van der Waals surface area contributed by atoms with Crippen LogP contribution in [0.5, 0.6) is 0 Å². The largest absolute Gasteiger partial charge is 0.395 e. The number of rotatable bonds is 25. The fraction of sp³-hybridized carbons (Fsp3) is 0.960. The van der Waals surface area contributed by atoms with Gasteiger partial charge in [0.05, 0.1) is 13.2 Å². The number of nitrogens with one attached hydrogen (secondary N) is 2. The topological polar surface area (TPSA) is 84.8 Å². The molecule has 0 saturated heterocycles. The minimum atomic E-state index is 0.0989. The van der Waals surface area contributed by atoms with Gasteiger partial charge in [0.2, 0.25) is 5.91 Å². The summed E-state index contributed by atoms with van der Waals surface area (Å²) in [4.78, 5) is 13.9. The lowest BCUT2D eigenvalue weighted by Gasteiger charge is -2.20. The quantitative estimate of drug-likeness (QED) is 0.161. The fourth-order valence-corrected chi connectivity index (χ4v) is 3.82. The first kappa shape index (κ1) is 30.3. The maximum Gasteiger partial charge on any atom is 0.221 e. The molecule has 0 saturated carbocycles. The Labute approximate surface area is 192 Å². The van der Waals surface area contributed by atoms with Gasteiger partial charge in [0, 0.05) is 45.7 Å². The third kappa shape index (κ3) is 23.8. The van der Waals surface area contributed by atoms with Gasteiger partial charge in [0.15, 0.2) is 0 Å². The van der Waals surface area contributed by atoms with E-state index in [0.29, 0.717) is 26.1 Å². The predicted octanol–water partition coefficient (Wildman–Crippen LogP) is 3.85. The van der Waals surface area contributed by atoms with Crippen molar-refractivity contribution in [2.24, 2.45) is 0 Å². The van der Waals surface area contributed by atoms with Crippen LogP contribution in [0.1, 0.15) is 103 Å². The summed E-state index contributed by atoms with van der Waals surface area (Å²) < 4.78 is 0. The molecule has 31 heavy (non-hydrogen) atoms. The molecule has 186 valence electrons. The van der Waals surface area contributed by atoms with Gasteiger partial charge in [-0.1, -0.05) is 90.4 Å². The molecule has 0 radical (unpaired) electrons. The van der Waals surface area contributed by atoms with Gasteiger partial charge in [-0.15, -0.1) is 0 Å². The molecule has 6 heteroatoms. The second-order valence-electron chi connectivity index (χ2n) is 8.74. The summed E-state index contributed by atoms with van der Waals surface area (Å²) in [5.74, 6) is 0.116. The average Bonchev–Trinajstić information content (AvgIpc) is 2.76. The summed E-state index contributed by atoms with van der Waals surface area (Å²) >= 11 is 0. The Morgan fingerprint density at radius 3 is 1.61 bits per heavy atom. The van der Waals surface area contributed by atoms with Crippen molar-refractivity contribution in [3.63, 3.8) is 0 Å². The second kappa shape index (κ2) is 25.6. The van der Waals surface area contributed by atoms with Crippen LogP contribution in [0, 0.1) is 0 Å². The van der Waals surface area contributed by atoms with Crippen LogP contribution in [-0.2, 0) is 4.79 Å². The SMILES string of the molecule is CCCCCCCCCCCCCCCCNC(=O)CCNCCN(CCO)CCO. The molecule has 0 unspecified atom stereocenters. The molecule has 0 spiro atoms. The van der Waals surface area contributed by atoms with Gasteiger partial charge in [0.25, 0.3) is 0 Å². The van der Waals surface area contributed by atoms with E-state index in [1.54, 1.807) is 0 Å². The van der Waals surface area contributed by atoms with Crippen molar-refractivity contribution in [2.75, 3.05) is 52.5 Å². The molecule has 0 aromatic heterocycles. The summed E-state index contributed by atoms with van der Waals surface area (Å²) in [6, 6.07) is 0. The van der Waals surface area contributed by atoms with E-state index < -0.39 is 0 Å². The van der Waals surface area contributed by atoms with Crippen LogP contribution in [-0.4, -0.2) is 73.5 Å². The number of carbonyl (C=O) groups excluding carboxylic acids is 1. The van der Waals surface area contributed by atoms with Crippen LogP contribution in [0.15, 0.2) is 0 Å². The number of carbonyl (C=O) groups is 1. The normalized spacial score (nSPS) is 11.4. The zero-order valence-corrected chi connectivity index (χ0v) is 20.5. The Balaban J connectivity index is 3.27. The van der Waals surface area contributed by atoms with Crippen molar-refractivity contribution in [1.82, 2.24) is 15.5 Å². The molecule has 0 atom stereocenters. The highest BCUT2D eigenvalue weighted by Crippen LogP contribution is 2.12. The molecular weight excluding hydrogens is 390 g/mol. The Kier molecular flexibility index (Phi) is 25.0. The molecule has 0 bridgehead atoms. The number of unbranched alkanes of at least 4 members (excludes halogenated alkanes) is 13. The first-order valence-corrected chi connectivity index (χ1v) is 13.2. The lowest BCUT2D eigenvalue weighted by atomic mass is 10.0. The first-order chi connectivity index (χ1) is 15.2. The number of amides is 1. The Morgan fingerprint density at radius 1 is 0.645 bits per heavy atom. The van der Waals surface area contributed by atoms with E-state index in [0.717, 1.165) is 26.1 Å². The van der Waals surface area contributed by atoms with Gasteiger partial charge in [-0.25, -0.2) is 0 Å². The zero-order valence-electron chi connectivity index (χ0n) is 20.5. The molecular formula is C25H53N3O3. The number of aliphatic hydroxyl groups is 2. The van der Waals surface area contributed by atoms with Crippen molar-refractivity contribution in [1.29, 1.82) is 0 Å². The smallest absolute Gasteiger partial charge is 0.221 e. The highest BCUT2D eigenvalue weighted by Gasteiger charge is 2.04. The summed E-state index contributed by atoms with van der Waals surface area (Å²) in [5.41, 5.74) is 0. The number of aliphatic hydroxyl groups excluding tert-OH is 2. The van der Waals surface area contributed by atoms with Gasteiger partial charge in [0.1, 0.15) is 0 Å². The predicted molar refractivity (Wildman–Crippen MR) is 131 cm³/mol. The number of nitrogens with zero attached hydrogens (tertiary/aromatic N) is 1. The molecule has 0 aromatic rings. The minimum absolute atomic E-state index is 0.0989. The summed E-state index contributed by atoms with van der Waals surface area (Å²) in [5, 5.41) is 24.2. The van der Waals surface area contributed by atoms with Crippen LogP contribution in [0.3, 0.4) is 0 Å². The van der Waals surface area contributed by atoms with Crippen molar-refractivity contribution >= 4 is 5.91 Å². The fourth-order valence-electron chi connectivity index (χ4n) is 3.82. The molecule has 0 fully saturated rings. The Hall–Kier alpha value is -0.690. The average molecular weight is 444 g/mol. The number of hydrogen-bond acceptors (Lipinski definition) is 5. The summed E-state index contributed by atoms with van der Waals surface area (Å²) in [6.07, 6.45) is 19.4. The molecule has 0 aliphatic heterocycles. The lowest BCUT2D eigenvalue weighted by Crippen LogP contribution is -2.37. The van der Waals surface area contributed by atoms with E-state index in [1.807, 2.05) is 4.90 Å². The van der Waals surface area contributed by atoms with Crippen LogP contribution >= 0.6 is 0 Å². The maximum atomic E-state index is 11.9. The van der Waals surface area contributed by atoms with E-state index in [1.165, 1.54) is 83.5 Å². The highest BCUT2D eigenvalue weighted by molar-refractivity contribution is 5.75. The van der Waals surface area contributed by atoms with Gasteiger partial charge >= 0.3 is 0 Å². The van der Waals surface area contributed by atoms with Gasteiger partial charge in [-0.05, 0) is 6.42 Å². The molecule has 0 aromatic carbocycles. The van der Waals surface area contributed by atoms with Gasteiger partial charge < -0.3 is 20.8 Å². The second-order valence-corrected chi connectivity index (χ2v) is 8.74. The lowest BCUT2D eigenvalue weighted by molar-refractivity contribution is -0.121. The zero-order chi connectivity index (χ0) is 22.8. The van der Waals surface area contributed by atoms with Crippen molar-refractivity contribution in [3.05, 3.63) is 0 Å². The van der Waals surface area contributed by atoms with Crippen LogP contribution < -0.4 is 10.6 Å². The standard InChI is InChI=1S/C25H53N3O3/c1-2-3-4-5-6-7-8-9-10-11-12-13-14-15-17-27-25(31)16-18-26-19-20-28(21-23-29)22-24-30/h26,29-30H,2-24H2,1H3,(H,27,31). The Morgan fingerprint density at radius 2 is 1.13 bits per heavy atom.